The average molecular weight is 407 g/mol. The number of esters is 1. The quantitative estimate of drug-likeness (QED) is 0.674. The third-order valence-corrected chi connectivity index (χ3v) is 5.24. The molecule has 1 unspecified atom stereocenters. The minimum absolute atomic E-state index is 0.0169. The van der Waals surface area contributed by atoms with Gasteiger partial charge in [-0.3, -0.25) is 14.5 Å². The first-order chi connectivity index (χ1) is 13.6. The summed E-state index contributed by atoms with van der Waals surface area (Å²) in [7, 11) is 0. The molecule has 8 heteroatoms. The molecule has 1 fully saturated rings. The smallest absolute Gasteiger partial charge is 0.340 e. The maximum absolute atomic E-state index is 13.0. The Morgan fingerprint density at radius 2 is 1.72 bits per heavy atom. The number of aromatic nitrogens is 1. The van der Waals surface area contributed by atoms with Gasteiger partial charge in [0.2, 0.25) is 5.91 Å². The molecule has 8 nitrogen and oxygen atoms in total. The van der Waals surface area contributed by atoms with Crippen LogP contribution < -0.4 is 5.32 Å². The van der Waals surface area contributed by atoms with Crippen LogP contribution in [0.3, 0.4) is 0 Å². The van der Waals surface area contributed by atoms with Crippen LogP contribution in [-0.4, -0.2) is 77.4 Å². The first-order valence-corrected chi connectivity index (χ1v) is 10.3. The van der Waals surface area contributed by atoms with Crippen LogP contribution in [0, 0.1) is 13.8 Å². The maximum atomic E-state index is 13.0. The van der Waals surface area contributed by atoms with Gasteiger partial charge in [0.1, 0.15) is 5.69 Å². The number of aryl methyl sites for hydroxylation is 1. The highest BCUT2D eigenvalue weighted by molar-refractivity contribution is 6.00. The minimum Gasteiger partial charge on any atom is -0.459 e. The molecule has 2 N–H and O–H groups in total. The van der Waals surface area contributed by atoms with Crippen LogP contribution in [0.15, 0.2) is 0 Å². The number of nitrogens with zero attached hydrogens (tertiary/aromatic N) is 2. The van der Waals surface area contributed by atoms with Crippen molar-refractivity contribution in [2.75, 3.05) is 32.7 Å². The van der Waals surface area contributed by atoms with Crippen molar-refractivity contribution in [1.29, 1.82) is 0 Å². The molecule has 29 heavy (non-hydrogen) atoms. The van der Waals surface area contributed by atoms with Gasteiger partial charge in [0.15, 0.2) is 0 Å². The summed E-state index contributed by atoms with van der Waals surface area (Å²) in [5.41, 5.74) is 2.12. The molecule has 1 saturated heterocycles. The van der Waals surface area contributed by atoms with E-state index in [0.717, 1.165) is 6.42 Å². The molecule has 2 rings (SSSR count). The first-order valence-electron chi connectivity index (χ1n) is 10.3. The van der Waals surface area contributed by atoms with Crippen LogP contribution in [0.1, 0.15) is 66.2 Å². The van der Waals surface area contributed by atoms with Crippen molar-refractivity contribution in [1.82, 2.24) is 20.1 Å². The number of nitrogens with one attached hydrogen (secondary N) is 2. The van der Waals surface area contributed by atoms with Gasteiger partial charge in [0.25, 0.3) is 5.91 Å². The molecule has 1 aromatic rings. The Kier molecular flexibility index (Phi) is 7.84. The lowest BCUT2D eigenvalue weighted by Gasteiger charge is -2.34. The summed E-state index contributed by atoms with van der Waals surface area (Å²) >= 11 is 0. The fourth-order valence-corrected chi connectivity index (χ4v) is 3.44. The standard InChI is InChI=1S/C21H34N4O4/c1-7-14(4)22-17(26)12-24-8-10-25(11-9-24)20(27)19-15(5)18(16(6)23-19)21(28)29-13(2)3/h13-14,23H,7-12H2,1-6H3,(H,22,26). The van der Waals surface area contributed by atoms with E-state index in [1.54, 1.807) is 32.6 Å². The molecule has 2 amide bonds. The summed E-state index contributed by atoms with van der Waals surface area (Å²) in [5.74, 6) is -0.524. The average Bonchev–Trinajstić information content (AvgIpc) is 2.95. The summed E-state index contributed by atoms with van der Waals surface area (Å²) in [5, 5.41) is 2.97. The van der Waals surface area contributed by atoms with E-state index in [0.29, 0.717) is 55.2 Å². The third kappa shape index (κ3) is 5.82. The summed E-state index contributed by atoms with van der Waals surface area (Å²) in [4.78, 5) is 44.3. The molecule has 162 valence electrons. The highest BCUT2D eigenvalue weighted by atomic mass is 16.5. The fourth-order valence-electron chi connectivity index (χ4n) is 3.44. The summed E-state index contributed by atoms with van der Waals surface area (Å²) in [6.07, 6.45) is 0.677. The SMILES string of the molecule is CCC(C)NC(=O)CN1CCN(C(=O)c2[nH]c(C)c(C(=O)OC(C)C)c2C)CC1. The van der Waals surface area contributed by atoms with Gasteiger partial charge in [0, 0.05) is 37.9 Å². The van der Waals surface area contributed by atoms with Crippen LogP contribution in [-0.2, 0) is 9.53 Å². The largest absolute Gasteiger partial charge is 0.459 e. The number of amides is 2. The predicted octanol–water partition coefficient (Wildman–Crippen LogP) is 1.87. The summed E-state index contributed by atoms with van der Waals surface area (Å²) < 4.78 is 5.29. The lowest BCUT2D eigenvalue weighted by atomic mass is 10.1. The van der Waals surface area contributed by atoms with E-state index in [2.05, 4.69) is 15.2 Å². The van der Waals surface area contributed by atoms with Gasteiger partial charge in [0.05, 0.1) is 18.2 Å². The third-order valence-electron chi connectivity index (χ3n) is 5.24. The summed E-state index contributed by atoms with van der Waals surface area (Å²) in [6.45, 7) is 13.9. The number of H-pyrrole nitrogens is 1. The number of hydrogen-bond donors (Lipinski definition) is 2. The van der Waals surface area contributed by atoms with Gasteiger partial charge in [-0.05, 0) is 46.6 Å². The molecule has 0 aliphatic carbocycles. The Balaban J connectivity index is 1.97. The molecule has 1 aliphatic rings. The molecule has 1 aliphatic heterocycles. The number of piperazine rings is 1. The lowest BCUT2D eigenvalue weighted by Crippen LogP contribution is -2.51. The molecular formula is C21H34N4O4. The zero-order chi connectivity index (χ0) is 21.7. The van der Waals surface area contributed by atoms with E-state index >= 15 is 0 Å². The van der Waals surface area contributed by atoms with Crippen molar-refractivity contribution in [2.45, 2.75) is 60.1 Å². The number of aromatic amines is 1. The number of hydrogen-bond acceptors (Lipinski definition) is 5. The van der Waals surface area contributed by atoms with E-state index in [9.17, 15) is 14.4 Å². The highest BCUT2D eigenvalue weighted by Gasteiger charge is 2.28. The maximum Gasteiger partial charge on any atom is 0.340 e. The highest BCUT2D eigenvalue weighted by Crippen LogP contribution is 2.21. The Morgan fingerprint density at radius 3 is 2.28 bits per heavy atom. The second kappa shape index (κ2) is 9.91. The van der Waals surface area contributed by atoms with Crippen LogP contribution in [0.5, 0.6) is 0 Å². The Hall–Kier alpha value is -2.35. The second-order valence-corrected chi connectivity index (χ2v) is 8.02. The van der Waals surface area contributed by atoms with Gasteiger partial charge in [-0.2, -0.15) is 0 Å². The predicted molar refractivity (Wildman–Crippen MR) is 111 cm³/mol. The lowest BCUT2D eigenvalue weighted by molar-refractivity contribution is -0.123. The van der Waals surface area contributed by atoms with Crippen molar-refractivity contribution >= 4 is 17.8 Å². The number of carbonyl (C=O) groups is 3. The number of ether oxygens (including phenoxy) is 1. The monoisotopic (exact) mass is 406 g/mol. The van der Waals surface area contributed by atoms with Crippen molar-refractivity contribution in [2.24, 2.45) is 0 Å². The zero-order valence-electron chi connectivity index (χ0n) is 18.4. The second-order valence-electron chi connectivity index (χ2n) is 8.02. The van der Waals surface area contributed by atoms with Crippen LogP contribution in [0.25, 0.3) is 0 Å². The van der Waals surface area contributed by atoms with Gasteiger partial charge in [-0.15, -0.1) is 0 Å². The van der Waals surface area contributed by atoms with Crippen molar-refractivity contribution in [3.05, 3.63) is 22.5 Å². The molecule has 0 aromatic carbocycles. The molecule has 1 aromatic heterocycles. The minimum atomic E-state index is -0.414. The molecule has 2 heterocycles. The Morgan fingerprint density at radius 1 is 1.10 bits per heavy atom. The van der Waals surface area contributed by atoms with Crippen molar-refractivity contribution in [3.8, 4) is 0 Å². The number of carbonyl (C=O) groups excluding carboxylic acids is 3. The van der Waals surface area contributed by atoms with Crippen LogP contribution in [0.4, 0.5) is 0 Å². The van der Waals surface area contributed by atoms with Gasteiger partial charge < -0.3 is 19.9 Å². The van der Waals surface area contributed by atoms with Crippen molar-refractivity contribution < 1.29 is 19.1 Å². The molecular weight excluding hydrogens is 372 g/mol. The van der Waals surface area contributed by atoms with Crippen LogP contribution in [0.2, 0.25) is 0 Å². The molecule has 0 saturated carbocycles. The Bertz CT molecular complexity index is 748. The van der Waals surface area contributed by atoms with E-state index in [-0.39, 0.29) is 24.0 Å². The molecule has 0 spiro atoms. The Labute approximate surface area is 173 Å². The molecule has 1 atom stereocenters. The number of rotatable bonds is 7. The molecule has 0 radical (unpaired) electrons. The fraction of sp³-hybridized carbons (Fsp3) is 0.667. The zero-order valence-corrected chi connectivity index (χ0v) is 18.4. The molecule has 0 bridgehead atoms. The van der Waals surface area contributed by atoms with E-state index in [4.69, 9.17) is 4.74 Å². The van der Waals surface area contributed by atoms with E-state index in [1.807, 2.05) is 13.8 Å². The normalized spacial score (nSPS) is 16.0. The van der Waals surface area contributed by atoms with E-state index < -0.39 is 5.97 Å². The van der Waals surface area contributed by atoms with E-state index in [1.165, 1.54) is 0 Å². The topological polar surface area (TPSA) is 94.7 Å². The van der Waals surface area contributed by atoms with Crippen LogP contribution >= 0.6 is 0 Å². The summed E-state index contributed by atoms with van der Waals surface area (Å²) in [6, 6.07) is 0.168. The van der Waals surface area contributed by atoms with Gasteiger partial charge in [-0.1, -0.05) is 6.92 Å². The van der Waals surface area contributed by atoms with Crippen molar-refractivity contribution in [3.63, 3.8) is 0 Å². The van der Waals surface area contributed by atoms with Gasteiger partial charge in [-0.25, -0.2) is 4.79 Å². The first kappa shape index (κ1) is 22.9. The van der Waals surface area contributed by atoms with Gasteiger partial charge >= 0.3 is 5.97 Å².